The second kappa shape index (κ2) is 10.1. The molecule has 9 heteroatoms. The quantitative estimate of drug-likeness (QED) is 0.566. The van der Waals surface area contributed by atoms with Crippen LogP contribution < -0.4 is 16.0 Å². The summed E-state index contributed by atoms with van der Waals surface area (Å²) in [5.41, 5.74) is 0.0609. The third kappa shape index (κ3) is 6.03. The van der Waals surface area contributed by atoms with E-state index in [1.807, 2.05) is 51.1 Å². The van der Waals surface area contributed by atoms with E-state index in [0.717, 1.165) is 5.56 Å². The highest BCUT2D eigenvalue weighted by atomic mass is 16.6. The Morgan fingerprint density at radius 1 is 1.21 bits per heavy atom. The lowest BCUT2D eigenvalue weighted by molar-refractivity contribution is -0.139. The Kier molecular flexibility index (Phi) is 7.64. The first-order chi connectivity index (χ1) is 15.5. The summed E-state index contributed by atoms with van der Waals surface area (Å²) in [6.45, 7) is 9.61. The minimum Gasteiger partial charge on any atom is -0.444 e. The molecule has 3 amide bonds. The fourth-order valence-corrected chi connectivity index (χ4v) is 4.38. The van der Waals surface area contributed by atoms with Gasteiger partial charge in [0.25, 0.3) is 0 Å². The molecule has 1 aromatic carbocycles. The van der Waals surface area contributed by atoms with Gasteiger partial charge < -0.3 is 30.3 Å². The Morgan fingerprint density at radius 3 is 2.48 bits per heavy atom. The van der Waals surface area contributed by atoms with Crippen molar-refractivity contribution in [2.24, 2.45) is 11.3 Å². The number of rotatable bonds is 7. The van der Waals surface area contributed by atoms with E-state index < -0.39 is 17.7 Å². The van der Waals surface area contributed by atoms with Crippen LogP contribution in [0.15, 0.2) is 30.3 Å². The predicted molar refractivity (Wildman–Crippen MR) is 123 cm³/mol. The lowest BCUT2D eigenvalue weighted by atomic mass is 9.71. The van der Waals surface area contributed by atoms with Gasteiger partial charge in [0.1, 0.15) is 11.6 Å². The van der Waals surface area contributed by atoms with Crippen molar-refractivity contribution in [1.82, 2.24) is 20.9 Å². The average molecular weight is 461 g/mol. The zero-order valence-electron chi connectivity index (χ0n) is 20.1. The van der Waals surface area contributed by atoms with Crippen LogP contribution in [0.5, 0.6) is 0 Å². The molecule has 0 unspecified atom stereocenters. The number of nitrogens with zero attached hydrogens (tertiary/aromatic N) is 1. The van der Waals surface area contributed by atoms with Crippen molar-refractivity contribution in [3.63, 3.8) is 0 Å². The number of ether oxygens (including phenoxy) is 2. The standard InChI is InChI=1S/C24H36N4O5/c1-16(32-12-17-9-7-6-8-10-17)19(21(30)25-5)27-20(29)18-11-26-13-24(18)14-28(15-24)22(31)33-23(2,3)4/h6-10,16,18-19,26H,11-15H2,1-5H3,(H,25,30)(H,27,29)/t16-,18+,19+/m1/s1. The van der Waals surface area contributed by atoms with Crippen LogP contribution >= 0.6 is 0 Å². The van der Waals surface area contributed by atoms with Gasteiger partial charge >= 0.3 is 6.09 Å². The number of hydrogen-bond acceptors (Lipinski definition) is 6. The first kappa shape index (κ1) is 25.0. The zero-order valence-corrected chi connectivity index (χ0v) is 20.1. The number of hydrogen-bond donors (Lipinski definition) is 3. The minimum absolute atomic E-state index is 0.215. The molecular formula is C24H36N4O5. The van der Waals surface area contributed by atoms with Gasteiger partial charge in [0.15, 0.2) is 0 Å². The Bertz CT molecular complexity index is 848. The van der Waals surface area contributed by atoms with Crippen LogP contribution in [0, 0.1) is 11.3 Å². The lowest BCUT2D eigenvalue weighted by Gasteiger charge is -2.50. The second-order valence-electron chi connectivity index (χ2n) is 9.98. The van der Waals surface area contributed by atoms with Crippen LogP contribution in [0.1, 0.15) is 33.3 Å². The monoisotopic (exact) mass is 460 g/mol. The third-order valence-corrected chi connectivity index (χ3v) is 6.20. The topological polar surface area (TPSA) is 109 Å². The van der Waals surface area contributed by atoms with Gasteiger partial charge in [-0.1, -0.05) is 30.3 Å². The van der Waals surface area contributed by atoms with Crippen molar-refractivity contribution in [1.29, 1.82) is 0 Å². The normalized spacial score (nSPS) is 21.1. The number of benzene rings is 1. The molecular weight excluding hydrogens is 424 g/mol. The molecule has 1 aromatic rings. The maximum Gasteiger partial charge on any atom is 0.410 e. The van der Waals surface area contributed by atoms with Crippen LogP contribution in [-0.2, 0) is 25.7 Å². The van der Waals surface area contributed by atoms with E-state index in [2.05, 4.69) is 16.0 Å². The molecule has 3 atom stereocenters. The largest absolute Gasteiger partial charge is 0.444 e. The first-order valence-corrected chi connectivity index (χ1v) is 11.4. The summed E-state index contributed by atoms with van der Waals surface area (Å²) in [6, 6.07) is 8.84. The highest BCUT2D eigenvalue weighted by Crippen LogP contribution is 2.41. The Labute approximate surface area is 195 Å². The molecule has 33 heavy (non-hydrogen) atoms. The molecule has 0 saturated carbocycles. The summed E-state index contributed by atoms with van der Waals surface area (Å²) in [7, 11) is 1.54. The van der Waals surface area contributed by atoms with E-state index >= 15 is 0 Å². The van der Waals surface area contributed by atoms with E-state index in [-0.39, 0.29) is 29.2 Å². The van der Waals surface area contributed by atoms with Gasteiger partial charge in [-0.05, 0) is 33.3 Å². The number of carbonyl (C=O) groups excluding carboxylic acids is 3. The first-order valence-electron chi connectivity index (χ1n) is 11.4. The van der Waals surface area contributed by atoms with Crippen LogP contribution in [-0.4, -0.2) is 73.8 Å². The minimum atomic E-state index is -0.828. The summed E-state index contributed by atoms with van der Waals surface area (Å²) in [4.78, 5) is 39.8. The van der Waals surface area contributed by atoms with Crippen molar-refractivity contribution < 1.29 is 23.9 Å². The maximum absolute atomic E-state index is 13.2. The summed E-state index contributed by atoms with van der Waals surface area (Å²) in [6.07, 6.45) is -0.899. The van der Waals surface area contributed by atoms with Crippen LogP contribution in [0.4, 0.5) is 4.79 Å². The van der Waals surface area contributed by atoms with Crippen molar-refractivity contribution in [3.8, 4) is 0 Å². The van der Waals surface area contributed by atoms with E-state index in [4.69, 9.17) is 9.47 Å². The van der Waals surface area contributed by atoms with Gasteiger partial charge in [-0.15, -0.1) is 0 Å². The predicted octanol–water partition coefficient (Wildman–Crippen LogP) is 1.28. The maximum atomic E-state index is 13.2. The molecule has 182 valence electrons. The molecule has 3 N–H and O–H groups in total. The lowest BCUT2D eigenvalue weighted by Crippen LogP contribution is -2.65. The van der Waals surface area contributed by atoms with Gasteiger partial charge in [0, 0.05) is 38.6 Å². The fourth-order valence-electron chi connectivity index (χ4n) is 4.38. The van der Waals surface area contributed by atoms with Crippen LogP contribution in [0.2, 0.25) is 0 Å². The summed E-state index contributed by atoms with van der Waals surface area (Å²) in [5, 5.41) is 8.79. The fraction of sp³-hybridized carbons (Fsp3) is 0.625. The highest BCUT2D eigenvalue weighted by Gasteiger charge is 2.56. The van der Waals surface area contributed by atoms with E-state index in [0.29, 0.717) is 32.8 Å². The number of likely N-dealkylation sites (N-methyl/N-ethyl adjacent to an activating group) is 1. The smallest absolute Gasteiger partial charge is 0.410 e. The molecule has 1 spiro atoms. The Morgan fingerprint density at radius 2 is 1.88 bits per heavy atom. The number of amides is 3. The zero-order chi connectivity index (χ0) is 24.2. The van der Waals surface area contributed by atoms with E-state index in [1.165, 1.54) is 7.05 Å². The van der Waals surface area contributed by atoms with Crippen LogP contribution in [0.3, 0.4) is 0 Å². The average Bonchev–Trinajstić information content (AvgIpc) is 3.19. The number of carbonyl (C=O) groups is 3. The van der Waals surface area contributed by atoms with Gasteiger partial charge in [0.2, 0.25) is 11.8 Å². The van der Waals surface area contributed by atoms with Crippen molar-refractivity contribution in [2.45, 2.75) is 52.0 Å². The van der Waals surface area contributed by atoms with Crippen LogP contribution in [0.25, 0.3) is 0 Å². The molecule has 0 aromatic heterocycles. The van der Waals surface area contributed by atoms with Crippen molar-refractivity contribution in [2.75, 3.05) is 33.2 Å². The molecule has 2 saturated heterocycles. The molecule has 2 fully saturated rings. The van der Waals surface area contributed by atoms with E-state index in [1.54, 1.807) is 11.8 Å². The SMILES string of the molecule is CNC(=O)[C@@H](NC(=O)[C@@H]1CNCC12CN(C(=O)OC(C)(C)C)C2)[C@@H](C)OCc1ccccc1. The molecule has 2 aliphatic rings. The van der Waals surface area contributed by atoms with Gasteiger partial charge in [-0.2, -0.15) is 0 Å². The molecule has 0 bridgehead atoms. The Balaban J connectivity index is 1.60. The molecule has 0 aliphatic carbocycles. The number of likely N-dealkylation sites (tertiary alicyclic amines) is 1. The Hall–Kier alpha value is -2.65. The van der Waals surface area contributed by atoms with E-state index in [9.17, 15) is 14.4 Å². The number of nitrogens with one attached hydrogen (secondary N) is 3. The molecule has 9 nitrogen and oxygen atoms in total. The van der Waals surface area contributed by atoms with Gasteiger partial charge in [-0.25, -0.2) is 4.79 Å². The summed E-state index contributed by atoms with van der Waals surface area (Å²) >= 11 is 0. The van der Waals surface area contributed by atoms with Crippen molar-refractivity contribution in [3.05, 3.63) is 35.9 Å². The third-order valence-electron chi connectivity index (χ3n) is 6.20. The van der Waals surface area contributed by atoms with Gasteiger partial charge in [-0.3, -0.25) is 9.59 Å². The summed E-state index contributed by atoms with van der Waals surface area (Å²) < 4.78 is 11.3. The summed E-state index contributed by atoms with van der Waals surface area (Å²) in [5.74, 6) is -0.884. The molecule has 2 heterocycles. The van der Waals surface area contributed by atoms with Gasteiger partial charge in [0.05, 0.1) is 18.6 Å². The highest BCUT2D eigenvalue weighted by molar-refractivity contribution is 5.89. The molecule has 2 aliphatic heterocycles. The molecule has 3 rings (SSSR count). The molecule has 0 radical (unpaired) electrons. The van der Waals surface area contributed by atoms with Crippen molar-refractivity contribution >= 4 is 17.9 Å². The second-order valence-corrected chi connectivity index (χ2v) is 9.98.